The number of hydrogen-bond acceptors (Lipinski definition) is 3. The third-order valence-corrected chi connectivity index (χ3v) is 3.56. The summed E-state index contributed by atoms with van der Waals surface area (Å²) in [6.07, 6.45) is 0.606. The van der Waals surface area contributed by atoms with Gasteiger partial charge in [-0.1, -0.05) is 24.6 Å². The van der Waals surface area contributed by atoms with Crippen LogP contribution in [0.1, 0.15) is 31.9 Å². The van der Waals surface area contributed by atoms with Crippen LogP contribution in [0.15, 0.2) is 18.2 Å². The highest BCUT2D eigenvalue weighted by Crippen LogP contribution is 2.25. The fraction of sp³-hybridized carbons (Fsp3) is 0.625. The number of aryl methyl sites for hydroxylation is 1. The first kappa shape index (κ1) is 14.4. The maximum atomic E-state index is 5.83. The second-order valence-electron chi connectivity index (χ2n) is 5.57. The monoisotopic (exact) mass is 262 g/mol. The topological polar surface area (TPSA) is 24.5 Å². The fourth-order valence-corrected chi connectivity index (χ4v) is 2.80. The molecule has 0 radical (unpaired) electrons. The van der Waals surface area contributed by atoms with Crippen LogP contribution >= 0.6 is 0 Å². The van der Waals surface area contributed by atoms with E-state index in [1.165, 1.54) is 16.8 Å². The summed E-state index contributed by atoms with van der Waals surface area (Å²) in [7, 11) is 0. The summed E-state index contributed by atoms with van der Waals surface area (Å²) in [5.74, 6) is 0. The normalized spacial score (nSPS) is 23.7. The zero-order valence-electron chi connectivity index (χ0n) is 12.6. The number of morpholine rings is 1. The lowest BCUT2D eigenvalue weighted by Gasteiger charge is -2.38. The van der Waals surface area contributed by atoms with E-state index >= 15 is 0 Å². The van der Waals surface area contributed by atoms with Gasteiger partial charge < -0.3 is 15.0 Å². The molecule has 19 heavy (non-hydrogen) atoms. The highest BCUT2D eigenvalue weighted by atomic mass is 16.5. The van der Waals surface area contributed by atoms with Crippen molar-refractivity contribution in [1.29, 1.82) is 0 Å². The molecule has 1 saturated heterocycles. The first-order valence-electron chi connectivity index (χ1n) is 7.30. The van der Waals surface area contributed by atoms with Crippen molar-refractivity contribution in [3.05, 3.63) is 29.3 Å². The van der Waals surface area contributed by atoms with Crippen LogP contribution in [-0.2, 0) is 11.3 Å². The Balaban J connectivity index is 2.22. The summed E-state index contributed by atoms with van der Waals surface area (Å²) in [6.45, 7) is 12.5. The number of anilines is 1. The van der Waals surface area contributed by atoms with Gasteiger partial charge in [-0.05, 0) is 38.9 Å². The van der Waals surface area contributed by atoms with Crippen LogP contribution in [0.2, 0.25) is 0 Å². The van der Waals surface area contributed by atoms with Crippen molar-refractivity contribution >= 4 is 5.69 Å². The number of rotatable bonds is 4. The summed E-state index contributed by atoms with van der Waals surface area (Å²) in [6, 6.07) is 6.76. The van der Waals surface area contributed by atoms with Crippen LogP contribution in [0.5, 0.6) is 0 Å². The zero-order chi connectivity index (χ0) is 13.8. The molecule has 2 atom stereocenters. The van der Waals surface area contributed by atoms with E-state index in [4.69, 9.17) is 4.74 Å². The second kappa shape index (κ2) is 6.40. The molecule has 3 heteroatoms. The molecule has 1 fully saturated rings. The van der Waals surface area contributed by atoms with Gasteiger partial charge in [0.15, 0.2) is 0 Å². The molecule has 0 amide bonds. The Morgan fingerprint density at radius 3 is 2.58 bits per heavy atom. The highest BCUT2D eigenvalue weighted by Gasteiger charge is 2.23. The molecule has 0 spiro atoms. The number of benzene rings is 1. The number of nitrogens with one attached hydrogen (secondary N) is 1. The standard InChI is InChI=1S/C16H26N2O/c1-5-17-9-15-8-12(2)6-7-16(15)18-10-13(3)19-14(4)11-18/h6-8,13-14,17H,5,9-11H2,1-4H3/t13-,14+. The summed E-state index contributed by atoms with van der Waals surface area (Å²) in [5.41, 5.74) is 4.07. The van der Waals surface area contributed by atoms with Crippen LogP contribution < -0.4 is 10.2 Å². The predicted molar refractivity (Wildman–Crippen MR) is 80.8 cm³/mol. The Bertz CT molecular complexity index is 409. The molecule has 1 aromatic rings. The Morgan fingerprint density at radius 1 is 1.26 bits per heavy atom. The van der Waals surface area contributed by atoms with Gasteiger partial charge in [0.1, 0.15) is 0 Å². The Labute approximate surface area is 116 Å². The maximum absolute atomic E-state index is 5.83. The van der Waals surface area contributed by atoms with E-state index in [0.29, 0.717) is 12.2 Å². The van der Waals surface area contributed by atoms with Gasteiger partial charge in [-0.3, -0.25) is 0 Å². The van der Waals surface area contributed by atoms with E-state index in [1.807, 2.05) is 0 Å². The maximum Gasteiger partial charge on any atom is 0.0726 e. The number of nitrogens with zero attached hydrogens (tertiary/aromatic N) is 1. The lowest BCUT2D eigenvalue weighted by Crippen LogP contribution is -2.46. The highest BCUT2D eigenvalue weighted by molar-refractivity contribution is 5.55. The van der Waals surface area contributed by atoms with Gasteiger partial charge >= 0.3 is 0 Å². The molecule has 1 aliphatic heterocycles. The van der Waals surface area contributed by atoms with Crippen molar-refractivity contribution < 1.29 is 4.74 Å². The fourth-order valence-electron chi connectivity index (χ4n) is 2.80. The number of hydrogen-bond donors (Lipinski definition) is 1. The Hall–Kier alpha value is -1.06. The van der Waals surface area contributed by atoms with Crippen molar-refractivity contribution in [1.82, 2.24) is 5.32 Å². The molecular weight excluding hydrogens is 236 g/mol. The van der Waals surface area contributed by atoms with Crippen LogP contribution in [0.4, 0.5) is 5.69 Å². The molecule has 1 N–H and O–H groups in total. The first-order chi connectivity index (χ1) is 9.10. The van der Waals surface area contributed by atoms with Gasteiger partial charge in [0.2, 0.25) is 0 Å². The molecule has 0 saturated carbocycles. The number of ether oxygens (including phenoxy) is 1. The van der Waals surface area contributed by atoms with Crippen molar-refractivity contribution in [2.45, 2.75) is 46.4 Å². The SMILES string of the molecule is CCNCc1cc(C)ccc1N1C[C@@H](C)O[C@@H](C)C1. The van der Waals surface area contributed by atoms with Gasteiger partial charge in [-0.25, -0.2) is 0 Å². The summed E-state index contributed by atoms with van der Waals surface area (Å²) >= 11 is 0. The van der Waals surface area contributed by atoms with Gasteiger partial charge in [0.05, 0.1) is 12.2 Å². The molecular formula is C16H26N2O. The zero-order valence-corrected chi connectivity index (χ0v) is 12.6. The third-order valence-electron chi connectivity index (χ3n) is 3.56. The Morgan fingerprint density at radius 2 is 1.95 bits per heavy atom. The molecule has 0 unspecified atom stereocenters. The minimum absolute atomic E-state index is 0.303. The van der Waals surface area contributed by atoms with Gasteiger partial charge in [-0.2, -0.15) is 0 Å². The second-order valence-corrected chi connectivity index (χ2v) is 5.57. The van der Waals surface area contributed by atoms with Crippen molar-refractivity contribution in [2.24, 2.45) is 0 Å². The molecule has 106 valence electrons. The molecule has 0 aliphatic carbocycles. The first-order valence-corrected chi connectivity index (χ1v) is 7.30. The van der Waals surface area contributed by atoms with Crippen molar-refractivity contribution in [2.75, 3.05) is 24.5 Å². The minimum atomic E-state index is 0.303. The van der Waals surface area contributed by atoms with Crippen LogP contribution in [0.3, 0.4) is 0 Å². The van der Waals surface area contributed by atoms with E-state index in [2.05, 4.69) is 56.1 Å². The molecule has 0 aromatic heterocycles. The van der Waals surface area contributed by atoms with Gasteiger partial charge in [-0.15, -0.1) is 0 Å². The molecule has 3 nitrogen and oxygen atoms in total. The smallest absolute Gasteiger partial charge is 0.0726 e. The summed E-state index contributed by atoms with van der Waals surface area (Å²) in [4.78, 5) is 2.46. The predicted octanol–water partition coefficient (Wildman–Crippen LogP) is 2.72. The van der Waals surface area contributed by atoms with E-state index < -0.39 is 0 Å². The Kier molecular flexibility index (Phi) is 4.83. The molecule has 0 bridgehead atoms. The quantitative estimate of drug-likeness (QED) is 0.903. The van der Waals surface area contributed by atoms with E-state index in [-0.39, 0.29) is 0 Å². The van der Waals surface area contributed by atoms with Crippen LogP contribution in [0, 0.1) is 6.92 Å². The minimum Gasteiger partial charge on any atom is -0.372 e. The van der Waals surface area contributed by atoms with Crippen molar-refractivity contribution in [3.8, 4) is 0 Å². The largest absolute Gasteiger partial charge is 0.372 e. The molecule has 1 aliphatic rings. The lowest BCUT2D eigenvalue weighted by molar-refractivity contribution is -0.00526. The summed E-state index contributed by atoms with van der Waals surface area (Å²) < 4.78 is 5.83. The third kappa shape index (κ3) is 3.71. The van der Waals surface area contributed by atoms with Crippen molar-refractivity contribution in [3.63, 3.8) is 0 Å². The summed E-state index contributed by atoms with van der Waals surface area (Å²) in [5, 5.41) is 3.44. The van der Waals surface area contributed by atoms with E-state index in [0.717, 1.165) is 26.2 Å². The molecule has 1 aromatic carbocycles. The van der Waals surface area contributed by atoms with E-state index in [9.17, 15) is 0 Å². The van der Waals surface area contributed by atoms with Gasteiger partial charge in [0, 0.05) is 25.3 Å². The van der Waals surface area contributed by atoms with E-state index in [1.54, 1.807) is 0 Å². The molecule has 2 rings (SSSR count). The van der Waals surface area contributed by atoms with Crippen LogP contribution in [-0.4, -0.2) is 31.8 Å². The van der Waals surface area contributed by atoms with Crippen LogP contribution in [0.25, 0.3) is 0 Å². The average molecular weight is 262 g/mol. The molecule has 1 heterocycles. The van der Waals surface area contributed by atoms with Gasteiger partial charge in [0.25, 0.3) is 0 Å². The average Bonchev–Trinajstić information content (AvgIpc) is 2.35. The lowest BCUT2D eigenvalue weighted by atomic mass is 10.1.